The molecule has 24 heavy (non-hydrogen) atoms. The maximum Gasteiger partial charge on any atom is 0.209 e. The Morgan fingerprint density at radius 2 is 1.96 bits per heavy atom. The average molecular weight is 347 g/mol. The second kappa shape index (κ2) is 6.55. The van der Waals surface area contributed by atoms with Crippen LogP contribution in [0.5, 0.6) is 0 Å². The fraction of sp³-hybridized carbons (Fsp3) is 0.368. The van der Waals surface area contributed by atoms with Gasteiger partial charge in [0, 0.05) is 18.3 Å². The molecule has 0 radical (unpaired) electrons. The van der Waals surface area contributed by atoms with Gasteiger partial charge in [0.05, 0.1) is 4.90 Å². The third-order valence-corrected chi connectivity index (χ3v) is 6.44. The van der Waals surface area contributed by atoms with Gasteiger partial charge in [-0.25, -0.2) is 12.8 Å². The predicted octanol–water partition coefficient (Wildman–Crippen LogP) is 4.21. The number of halogens is 1. The lowest BCUT2D eigenvalue weighted by atomic mass is 10.1. The molecule has 1 aliphatic rings. The summed E-state index contributed by atoms with van der Waals surface area (Å²) in [6.07, 6.45) is 3.05. The van der Waals surface area contributed by atoms with Crippen LogP contribution < -0.4 is 4.90 Å². The van der Waals surface area contributed by atoms with E-state index in [1.54, 1.807) is 12.1 Å². The summed E-state index contributed by atoms with van der Waals surface area (Å²) in [4.78, 5) is 2.23. The van der Waals surface area contributed by atoms with Crippen molar-refractivity contribution in [3.63, 3.8) is 0 Å². The van der Waals surface area contributed by atoms with Crippen LogP contribution in [0.25, 0.3) is 0 Å². The topological polar surface area (TPSA) is 37.4 Å². The molecule has 0 saturated heterocycles. The van der Waals surface area contributed by atoms with Crippen molar-refractivity contribution in [2.45, 2.75) is 48.9 Å². The Bertz CT molecular complexity index is 848. The van der Waals surface area contributed by atoms with Crippen LogP contribution in [0.15, 0.2) is 52.3 Å². The van der Waals surface area contributed by atoms with E-state index in [1.165, 1.54) is 24.3 Å². The van der Waals surface area contributed by atoms with Crippen molar-refractivity contribution in [2.75, 3.05) is 11.4 Å². The summed E-state index contributed by atoms with van der Waals surface area (Å²) in [6.45, 7) is 5.26. The van der Waals surface area contributed by atoms with Crippen LogP contribution in [0.1, 0.15) is 32.3 Å². The second-order valence-electron chi connectivity index (χ2n) is 6.31. The maximum atomic E-state index is 13.9. The largest absolute Gasteiger partial charge is 0.368 e. The Morgan fingerprint density at radius 1 is 1.21 bits per heavy atom. The summed E-state index contributed by atoms with van der Waals surface area (Å²) in [7, 11) is -3.83. The molecule has 1 atom stereocenters. The Hall–Kier alpha value is -1.88. The highest BCUT2D eigenvalue weighted by molar-refractivity contribution is 7.91. The van der Waals surface area contributed by atoms with E-state index in [9.17, 15) is 12.8 Å². The van der Waals surface area contributed by atoms with Crippen molar-refractivity contribution in [3.8, 4) is 0 Å². The summed E-state index contributed by atoms with van der Waals surface area (Å²) in [5, 5.41) is 0. The number of benzene rings is 2. The number of anilines is 1. The highest BCUT2D eigenvalue weighted by Gasteiger charge is 2.27. The minimum atomic E-state index is -3.83. The monoisotopic (exact) mass is 347 g/mol. The van der Waals surface area contributed by atoms with Crippen LogP contribution in [0.2, 0.25) is 0 Å². The van der Waals surface area contributed by atoms with Crippen LogP contribution in [-0.2, 0) is 16.3 Å². The molecule has 0 bridgehead atoms. The molecule has 0 fully saturated rings. The zero-order valence-electron chi connectivity index (χ0n) is 14.0. The molecule has 1 aliphatic heterocycles. The molecule has 1 heterocycles. The molecule has 0 aromatic heterocycles. The van der Waals surface area contributed by atoms with E-state index in [0.29, 0.717) is 6.04 Å². The van der Waals surface area contributed by atoms with Gasteiger partial charge in [-0.1, -0.05) is 25.5 Å². The zero-order chi connectivity index (χ0) is 17.3. The second-order valence-corrected chi connectivity index (χ2v) is 8.22. The highest BCUT2D eigenvalue weighted by atomic mass is 32.2. The average Bonchev–Trinajstić information content (AvgIpc) is 2.98. The molecular weight excluding hydrogens is 325 g/mol. The number of sulfone groups is 1. The molecule has 0 amide bonds. The van der Waals surface area contributed by atoms with Gasteiger partial charge in [-0.2, -0.15) is 0 Å². The van der Waals surface area contributed by atoms with Crippen molar-refractivity contribution < 1.29 is 12.8 Å². The molecule has 2 aromatic carbocycles. The number of rotatable bonds is 5. The van der Waals surface area contributed by atoms with Crippen molar-refractivity contribution in [3.05, 3.63) is 53.8 Å². The number of nitrogens with zero attached hydrogens (tertiary/aromatic N) is 1. The van der Waals surface area contributed by atoms with Gasteiger partial charge in [-0.15, -0.1) is 0 Å². The lowest BCUT2D eigenvalue weighted by Gasteiger charge is -2.27. The molecule has 1 unspecified atom stereocenters. The van der Waals surface area contributed by atoms with E-state index in [4.69, 9.17) is 0 Å². The van der Waals surface area contributed by atoms with Crippen molar-refractivity contribution in [1.82, 2.24) is 0 Å². The Labute approximate surface area is 143 Å². The summed E-state index contributed by atoms with van der Waals surface area (Å²) < 4.78 is 39.3. The fourth-order valence-corrected chi connectivity index (χ4v) is 4.77. The smallest absolute Gasteiger partial charge is 0.209 e. The Morgan fingerprint density at radius 3 is 2.67 bits per heavy atom. The number of hydrogen-bond donors (Lipinski definition) is 0. The highest BCUT2D eigenvalue weighted by Crippen LogP contribution is 2.34. The molecule has 3 rings (SSSR count). The Balaban J connectivity index is 1.97. The molecular formula is C19H22FNO2S. The lowest BCUT2D eigenvalue weighted by Crippen LogP contribution is -2.30. The van der Waals surface area contributed by atoms with E-state index in [0.717, 1.165) is 37.1 Å². The minimum Gasteiger partial charge on any atom is -0.368 e. The summed E-state index contributed by atoms with van der Waals surface area (Å²) >= 11 is 0. The third kappa shape index (κ3) is 2.93. The fourth-order valence-electron chi connectivity index (χ4n) is 3.39. The van der Waals surface area contributed by atoms with Crippen LogP contribution in [0.3, 0.4) is 0 Å². The first-order chi connectivity index (χ1) is 11.4. The van der Waals surface area contributed by atoms with Crippen LogP contribution in [0.4, 0.5) is 10.1 Å². The summed E-state index contributed by atoms with van der Waals surface area (Å²) in [5.41, 5.74) is 2.12. The molecule has 128 valence electrons. The van der Waals surface area contributed by atoms with Gasteiger partial charge in [-0.3, -0.25) is 0 Å². The van der Waals surface area contributed by atoms with E-state index in [1.807, 2.05) is 6.07 Å². The van der Waals surface area contributed by atoms with Crippen molar-refractivity contribution in [1.29, 1.82) is 0 Å². The van der Waals surface area contributed by atoms with Gasteiger partial charge in [0.15, 0.2) is 0 Å². The maximum absolute atomic E-state index is 13.9. The van der Waals surface area contributed by atoms with Crippen LogP contribution in [-0.4, -0.2) is 21.0 Å². The first-order valence-corrected chi connectivity index (χ1v) is 9.82. The third-order valence-electron chi connectivity index (χ3n) is 4.66. The number of fused-ring (bicyclic) bond motifs is 1. The van der Waals surface area contributed by atoms with Crippen molar-refractivity contribution >= 4 is 15.5 Å². The quantitative estimate of drug-likeness (QED) is 0.813. The first-order valence-electron chi connectivity index (χ1n) is 8.34. The summed E-state index contributed by atoms with van der Waals surface area (Å²) in [5.74, 6) is -0.712. The summed E-state index contributed by atoms with van der Waals surface area (Å²) in [6, 6.07) is 11.1. The van der Waals surface area contributed by atoms with E-state index >= 15 is 0 Å². The van der Waals surface area contributed by atoms with Gasteiger partial charge in [0.2, 0.25) is 9.84 Å². The normalized spacial score (nSPS) is 15.4. The van der Waals surface area contributed by atoms with Gasteiger partial charge in [-0.05, 0) is 55.7 Å². The van der Waals surface area contributed by atoms with Crippen LogP contribution in [0, 0.1) is 5.82 Å². The Kier molecular flexibility index (Phi) is 4.63. The first kappa shape index (κ1) is 17.0. The minimum absolute atomic E-state index is 0.163. The van der Waals surface area contributed by atoms with Gasteiger partial charge >= 0.3 is 0 Å². The number of hydrogen-bond acceptors (Lipinski definition) is 3. The molecule has 0 N–H and O–H groups in total. The van der Waals surface area contributed by atoms with Crippen LogP contribution >= 0.6 is 0 Å². The lowest BCUT2D eigenvalue weighted by molar-refractivity contribution is 0.567. The standard InChI is InChI=1S/C19H22FNO2S/c1-3-6-14(2)21-12-11-15-13-16(9-10-18(15)21)24(22,23)19-8-5-4-7-17(19)20/h4-5,7-10,13-14H,3,6,11-12H2,1-2H3. The molecule has 0 aliphatic carbocycles. The van der Waals surface area contributed by atoms with Crippen molar-refractivity contribution in [2.24, 2.45) is 0 Å². The molecule has 0 saturated carbocycles. The molecule has 3 nitrogen and oxygen atoms in total. The molecule has 5 heteroatoms. The van der Waals surface area contributed by atoms with E-state index in [-0.39, 0.29) is 9.79 Å². The van der Waals surface area contributed by atoms with Gasteiger partial charge in [0.1, 0.15) is 10.7 Å². The van der Waals surface area contributed by atoms with Gasteiger partial charge in [0.25, 0.3) is 0 Å². The van der Waals surface area contributed by atoms with Gasteiger partial charge < -0.3 is 4.90 Å². The van der Waals surface area contributed by atoms with E-state index in [2.05, 4.69) is 18.7 Å². The molecule has 2 aromatic rings. The SMILES string of the molecule is CCCC(C)N1CCc2cc(S(=O)(=O)c3ccccc3F)ccc21. The van der Waals surface area contributed by atoms with E-state index < -0.39 is 15.7 Å². The zero-order valence-corrected chi connectivity index (χ0v) is 14.8. The predicted molar refractivity (Wildman–Crippen MR) is 93.7 cm³/mol. The molecule has 0 spiro atoms.